The van der Waals surface area contributed by atoms with Gasteiger partial charge < -0.3 is 5.32 Å². The zero-order chi connectivity index (χ0) is 15.0. The average molecular weight is 285 g/mol. The smallest absolute Gasteiger partial charge is 0.222 e. The summed E-state index contributed by atoms with van der Waals surface area (Å²) in [4.78, 5) is 19.8. The predicted molar refractivity (Wildman–Crippen MR) is 75.2 cm³/mol. The Morgan fingerprint density at radius 2 is 2.10 bits per heavy atom. The van der Waals surface area contributed by atoms with Crippen LogP contribution in [-0.2, 0) is 4.79 Å². The van der Waals surface area contributed by atoms with Gasteiger partial charge in [0.05, 0.1) is 0 Å². The van der Waals surface area contributed by atoms with E-state index in [1.165, 1.54) is 23.6 Å². The molecule has 1 amide bonds. The Labute approximate surface area is 119 Å². The molecule has 0 radical (unpaired) electrons. The number of anilines is 1. The third-order valence-electron chi connectivity index (χ3n) is 2.82. The number of nitrogens with zero attached hydrogens (tertiary/aromatic N) is 4. The first-order valence-electron chi connectivity index (χ1n) is 6.31. The van der Waals surface area contributed by atoms with Crippen LogP contribution in [0.25, 0.3) is 17.0 Å². The van der Waals surface area contributed by atoms with Gasteiger partial charge in [0, 0.05) is 18.6 Å². The fraction of sp³-hybridized carbons (Fsp3) is 0.143. The van der Waals surface area contributed by atoms with Gasteiger partial charge in [0.2, 0.25) is 5.91 Å². The van der Waals surface area contributed by atoms with Gasteiger partial charge >= 0.3 is 0 Å². The fourth-order valence-electron chi connectivity index (χ4n) is 2.06. The first-order chi connectivity index (χ1) is 10.0. The van der Waals surface area contributed by atoms with Crippen molar-refractivity contribution in [2.45, 2.75) is 13.8 Å². The van der Waals surface area contributed by atoms with Gasteiger partial charge in [0.15, 0.2) is 11.5 Å². The number of hydrogen-bond acceptors (Lipinski definition) is 4. The minimum absolute atomic E-state index is 0.242. The maximum Gasteiger partial charge on any atom is 0.222 e. The number of fused-ring (bicyclic) bond motifs is 1. The number of carbonyl (C=O) groups excluding carboxylic acids is 1. The van der Waals surface area contributed by atoms with Crippen molar-refractivity contribution in [3.63, 3.8) is 0 Å². The summed E-state index contributed by atoms with van der Waals surface area (Å²) >= 11 is 0. The standard InChI is InChI=1S/C14H12FN5O/c1-8-16-13-7-12(17-9(2)21)18-14(20(13)19-8)10-4-3-5-11(15)6-10/h3-7H,1-2H3,(H,17,21). The second-order valence-electron chi connectivity index (χ2n) is 4.59. The lowest BCUT2D eigenvalue weighted by Gasteiger charge is -2.07. The Morgan fingerprint density at radius 3 is 2.81 bits per heavy atom. The molecular weight excluding hydrogens is 273 g/mol. The summed E-state index contributed by atoms with van der Waals surface area (Å²) in [6.45, 7) is 3.14. The SMILES string of the molecule is CC(=O)Nc1cc2nc(C)nn2c(-c2cccc(F)c2)n1. The van der Waals surface area contributed by atoms with Crippen molar-refractivity contribution in [3.05, 3.63) is 42.0 Å². The van der Waals surface area contributed by atoms with Gasteiger partial charge in [-0.3, -0.25) is 4.79 Å². The Morgan fingerprint density at radius 1 is 1.29 bits per heavy atom. The van der Waals surface area contributed by atoms with Crippen molar-refractivity contribution >= 4 is 17.4 Å². The number of nitrogens with one attached hydrogen (secondary N) is 1. The topological polar surface area (TPSA) is 72.2 Å². The minimum Gasteiger partial charge on any atom is -0.311 e. The lowest BCUT2D eigenvalue weighted by atomic mass is 10.2. The Bertz CT molecular complexity index is 842. The first-order valence-corrected chi connectivity index (χ1v) is 6.31. The summed E-state index contributed by atoms with van der Waals surface area (Å²) in [5.41, 5.74) is 1.09. The molecule has 0 saturated carbocycles. The van der Waals surface area contributed by atoms with Crippen LogP contribution in [0.15, 0.2) is 30.3 Å². The van der Waals surface area contributed by atoms with Gasteiger partial charge in [-0.2, -0.15) is 4.52 Å². The second-order valence-corrected chi connectivity index (χ2v) is 4.59. The highest BCUT2D eigenvalue weighted by Gasteiger charge is 2.12. The van der Waals surface area contributed by atoms with E-state index in [1.54, 1.807) is 25.1 Å². The highest BCUT2D eigenvalue weighted by atomic mass is 19.1. The van der Waals surface area contributed by atoms with Crippen molar-refractivity contribution in [2.75, 3.05) is 5.32 Å². The van der Waals surface area contributed by atoms with Crippen LogP contribution in [0.1, 0.15) is 12.7 Å². The average Bonchev–Trinajstić information content (AvgIpc) is 2.77. The van der Waals surface area contributed by atoms with Crippen molar-refractivity contribution in [2.24, 2.45) is 0 Å². The van der Waals surface area contributed by atoms with Crippen molar-refractivity contribution < 1.29 is 9.18 Å². The maximum atomic E-state index is 13.4. The van der Waals surface area contributed by atoms with E-state index in [0.29, 0.717) is 28.7 Å². The molecule has 106 valence electrons. The molecule has 0 aliphatic rings. The summed E-state index contributed by atoms with van der Waals surface area (Å²) < 4.78 is 14.9. The predicted octanol–water partition coefficient (Wildman–Crippen LogP) is 2.20. The van der Waals surface area contributed by atoms with E-state index in [9.17, 15) is 9.18 Å². The van der Waals surface area contributed by atoms with Crippen LogP contribution in [0.4, 0.5) is 10.2 Å². The maximum absolute atomic E-state index is 13.4. The molecule has 0 saturated heterocycles. The molecule has 21 heavy (non-hydrogen) atoms. The summed E-state index contributed by atoms with van der Waals surface area (Å²) in [6, 6.07) is 7.64. The number of hydrogen-bond donors (Lipinski definition) is 1. The number of benzene rings is 1. The normalized spacial score (nSPS) is 10.8. The number of aromatic nitrogens is 4. The molecule has 0 unspecified atom stereocenters. The van der Waals surface area contributed by atoms with Crippen LogP contribution in [0.3, 0.4) is 0 Å². The Kier molecular flexibility index (Phi) is 3.09. The van der Waals surface area contributed by atoms with Gasteiger partial charge in [-0.15, -0.1) is 5.10 Å². The molecule has 6 nitrogen and oxygen atoms in total. The van der Waals surface area contributed by atoms with E-state index in [-0.39, 0.29) is 11.7 Å². The molecular formula is C14H12FN5O. The highest BCUT2D eigenvalue weighted by molar-refractivity contribution is 5.88. The van der Waals surface area contributed by atoms with Gasteiger partial charge in [0.25, 0.3) is 0 Å². The molecule has 0 aliphatic heterocycles. The molecule has 7 heteroatoms. The van der Waals surface area contributed by atoms with Gasteiger partial charge in [-0.05, 0) is 19.1 Å². The lowest BCUT2D eigenvalue weighted by Crippen LogP contribution is -2.09. The molecule has 0 fully saturated rings. The van der Waals surface area contributed by atoms with Crippen LogP contribution in [0.2, 0.25) is 0 Å². The molecule has 3 rings (SSSR count). The highest BCUT2D eigenvalue weighted by Crippen LogP contribution is 2.21. The lowest BCUT2D eigenvalue weighted by molar-refractivity contribution is -0.114. The largest absolute Gasteiger partial charge is 0.311 e. The molecule has 2 heterocycles. The molecule has 0 aliphatic carbocycles. The van der Waals surface area contributed by atoms with E-state index < -0.39 is 0 Å². The van der Waals surface area contributed by atoms with Crippen molar-refractivity contribution in [1.29, 1.82) is 0 Å². The molecule has 1 aromatic carbocycles. The van der Waals surface area contributed by atoms with E-state index in [1.807, 2.05) is 0 Å². The number of rotatable bonds is 2. The van der Waals surface area contributed by atoms with Crippen LogP contribution >= 0.6 is 0 Å². The van der Waals surface area contributed by atoms with Crippen LogP contribution in [-0.4, -0.2) is 25.5 Å². The molecule has 1 N–H and O–H groups in total. The Balaban J connectivity index is 2.25. The Hall–Kier alpha value is -2.83. The zero-order valence-electron chi connectivity index (χ0n) is 11.5. The van der Waals surface area contributed by atoms with E-state index in [0.717, 1.165) is 0 Å². The van der Waals surface area contributed by atoms with E-state index >= 15 is 0 Å². The van der Waals surface area contributed by atoms with Crippen molar-refractivity contribution in [1.82, 2.24) is 19.6 Å². The number of amides is 1. The summed E-state index contributed by atoms with van der Waals surface area (Å²) in [7, 11) is 0. The first kappa shape index (κ1) is 13.2. The molecule has 0 bridgehead atoms. The summed E-state index contributed by atoms with van der Waals surface area (Å²) in [6.07, 6.45) is 0. The van der Waals surface area contributed by atoms with Crippen LogP contribution in [0.5, 0.6) is 0 Å². The van der Waals surface area contributed by atoms with E-state index in [2.05, 4.69) is 20.4 Å². The second kappa shape index (κ2) is 4.93. The van der Waals surface area contributed by atoms with Gasteiger partial charge in [-0.1, -0.05) is 12.1 Å². The van der Waals surface area contributed by atoms with Gasteiger partial charge in [-0.25, -0.2) is 14.4 Å². The van der Waals surface area contributed by atoms with Crippen molar-refractivity contribution in [3.8, 4) is 11.4 Å². The van der Waals surface area contributed by atoms with Crippen LogP contribution < -0.4 is 5.32 Å². The number of aryl methyl sites for hydroxylation is 1. The quantitative estimate of drug-likeness (QED) is 0.783. The third kappa shape index (κ3) is 2.58. The fourth-order valence-corrected chi connectivity index (χ4v) is 2.06. The zero-order valence-corrected chi connectivity index (χ0v) is 11.5. The van der Waals surface area contributed by atoms with Gasteiger partial charge in [0.1, 0.15) is 17.5 Å². The molecule has 0 atom stereocenters. The third-order valence-corrected chi connectivity index (χ3v) is 2.82. The molecule has 0 spiro atoms. The molecule has 2 aromatic heterocycles. The summed E-state index contributed by atoms with van der Waals surface area (Å²) in [5.74, 6) is 0.713. The van der Waals surface area contributed by atoms with E-state index in [4.69, 9.17) is 0 Å². The number of carbonyl (C=O) groups is 1. The monoisotopic (exact) mass is 285 g/mol. The summed E-state index contributed by atoms with van der Waals surface area (Å²) in [5, 5.41) is 6.85. The number of halogens is 1. The van der Waals surface area contributed by atoms with Crippen LogP contribution in [0, 0.1) is 12.7 Å². The minimum atomic E-state index is -0.371. The molecule has 3 aromatic rings.